The third kappa shape index (κ3) is 43.8. The van der Waals surface area contributed by atoms with Crippen LogP contribution in [0.15, 0.2) is 60.8 Å². The number of ether oxygens (including phenoxy) is 3. The normalized spacial score (nSPS) is 17.4. The number of phosphoric acid groups is 2. The van der Waals surface area contributed by atoms with Gasteiger partial charge in [0.05, 0.1) is 32.0 Å². The Morgan fingerprint density at radius 1 is 0.544 bits per heavy atom. The van der Waals surface area contributed by atoms with Crippen LogP contribution in [0.3, 0.4) is 0 Å². The van der Waals surface area contributed by atoms with Crippen LogP contribution < -0.4 is 0 Å². The Morgan fingerprint density at radius 3 is 1.49 bits per heavy atom. The van der Waals surface area contributed by atoms with Crippen molar-refractivity contribution in [2.75, 3.05) is 26.4 Å². The Labute approximate surface area is 410 Å². The molecule has 0 aromatic carbocycles. The van der Waals surface area contributed by atoms with Gasteiger partial charge < -0.3 is 34.0 Å². The summed E-state index contributed by atoms with van der Waals surface area (Å²) in [5.74, 6) is -0.300. The van der Waals surface area contributed by atoms with E-state index in [2.05, 4.69) is 67.8 Å². The molecule has 0 spiro atoms. The van der Waals surface area contributed by atoms with E-state index in [0.29, 0.717) is 31.5 Å². The van der Waals surface area contributed by atoms with E-state index in [4.69, 9.17) is 33.0 Å². The first-order valence-electron chi connectivity index (χ1n) is 26.0. The molecule has 68 heavy (non-hydrogen) atoms. The lowest BCUT2D eigenvalue weighted by Crippen LogP contribution is -2.29. The van der Waals surface area contributed by atoms with E-state index >= 15 is 0 Å². The summed E-state index contributed by atoms with van der Waals surface area (Å²) in [5.41, 5.74) is 0. The fourth-order valence-corrected chi connectivity index (χ4v) is 8.40. The van der Waals surface area contributed by atoms with Crippen molar-refractivity contribution < 1.29 is 66.3 Å². The smallest absolute Gasteiger partial charge is 0.462 e. The maximum absolute atomic E-state index is 12.7. The van der Waals surface area contributed by atoms with Gasteiger partial charge in [-0.05, 0) is 57.3 Å². The maximum atomic E-state index is 12.7. The third-order valence-electron chi connectivity index (χ3n) is 11.3. The van der Waals surface area contributed by atoms with E-state index in [1.165, 1.54) is 96.3 Å². The molecule has 5 atom stereocenters. The van der Waals surface area contributed by atoms with Crippen LogP contribution in [0.1, 0.15) is 201 Å². The molecule has 1 fully saturated rings. The van der Waals surface area contributed by atoms with E-state index in [9.17, 15) is 28.7 Å². The lowest BCUT2D eigenvalue weighted by atomic mass is 10.0. The molecule has 1 aliphatic rings. The molecule has 0 aromatic heterocycles. The first-order valence-corrected chi connectivity index (χ1v) is 29.0. The number of carbonyl (C=O) groups excluding carboxylic acids is 2. The van der Waals surface area contributed by atoms with Gasteiger partial charge in [0.1, 0.15) is 12.7 Å². The molecule has 14 nitrogen and oxygen atoms in total. The van der Waals surface area contributed by atoms with Crippen LogP contribution in [-0.4, -0.2) is 82.6 Å². The third-order valence-corrected chi connectivity index (χ3v) is 12.7. The Morgan fingerprint density at radius 2 is 0.985 bits per heavy atom. The molecule has 16 heteroatoms. The topological polar surface area (TPSA) is 208 Å². The van der Waals surface area contributed by atoms with E-state index in [1.54, 1.807) is 0 Å². The Bertz CT molecular complexity index is 1510. The van der Waals surface area contributed by atoms with Gasteiger partial charge >= 0.3 is 27.6 Å². The molecule has 3 unspecified atom stereocenters. The first kappa shape index (κ1) is 63.8. The van der Waals surface area contributed by atoms with Crippen molar-refractivity contribution >= 4 is 27.6 Å². The number of unbranched alkanes of at least 4 members (excludes halogenated alkanes) is 17. The molecule has 1 heterocycles. The lowest BCUT2D eigenvalue weighted by Gasteiger charge is -2.20. The molecule has 0 aliphatic carbocycles. The first-order chi connectivity index (χ1) is 32.7. The highest BCUT2D eigenvalue weighted by Crippen LogP contribution is 2.44. The second kappa shape index (κ2) is 42.5. The van der Waals surface area contributed by atoms with Gasteiger partial charge in [-0.2, -0.15) is 0 Å². The van der Waals surface area contributed by atoms with Crippen molar-refractivity contribution in [2.24, 2.45) is 5.92 Å². The van der Waals surface area contributed by atoms with Crippen molar-refractivity contribution in [1.82, 2.24) is 0 Å². The van der Waals surface area contributed by atoms with Crippen LogP contribution in [0.5, 0.6) is 0 Å². The fraction of sp³-hybridized carbons (Fsp3) is 0.769. The second-order valence-corrected chi connectivity index (χ2v) is 21.0. The number of phosphoric ester groups is 2. The summed E-state index contributed by atoms with van der Waals surface area (Å²) >= 11 is 0. The molecule has 394 valence electrons. The second-order valence-electron chi connectivity index (χ2n) is 18.3. The molecule has 0 amide bonds. The Hall–Kier alpha value is -2.22. The lowest BCUT2D eigenvalue weighted by molar-refractivity contribution is -0.161. The molecule has 0 bridgehead atoms. The van der Waals surface area contributed by atoms with Crippen molar-refractivity contribution in [3.05, 3.63) is 60.8 Å². The Balaban J connectivity index is 2.31. The molecular weight excluding hydrogens is 911 g/mol. The quantitative estimate of drug-likeness (QED) is 0.0147. The molecule has 0 radical (unpaired) electrons. The largest absolute Gasteiger partial charge is 0.472 e. The monoisotopic (exact) mass is 1000 g/mol. The van der Waals surface area contributed by atoms with E-state index in [0.717, 1.165) is 57.3 Å². The number of rotatable bonds is 47. The van der Waals surface area contributed by atoms with Crippen LogP contribution >= 0.6 is 15.6 Å². The van der Waals surface area contributed by atoms with E-state index in [-0.39, 0.29) is 12.8 Å². The summed E-state index contributed by atoms with van der Waals surface area (Å²) in [6.45, 7) is 3.94. The number of allylic oxidation sites excluding steroid dienone is 8. The molecular formula is C52H92O14P2. The summed E-state index contributed by atoms with van der Waals surface area (Å²) in [6.07, 6.45) is 48.4. The highest BCUT2D eigenvalue weighted by Gasteiger charge is 2.36. The number of esters is 2. The average Bonchev–Trinajstić information content (AvgIpc) is 4.05. The summed E-state index contributed by atoms with van der Waals surface area (Å²) in [6, 6.07) is 0. The maximum Gasteiger partial charge on any atom is 0.472 e. The number of epoxide rings is 1. The zero-order chi connectivity index (χ0) is 50.0. The van der Waals surface area contributed by atoms with Crippen LogP contribution in [-0.2, 0) is 46.5 Å². The number of aliphatic hydroxyl groups excluding tert-OH is 1. The zero-order valence-corrected chi connectivity index (χ0v) is 43.8. The zero-order valence-electron chi connectivity index (χ0n) is 42.1. The Kier molecular flexibility index (Phi) is 39.8. The van der Waals surface area contributed by atoms with Gasteiger partial charge in [-0.15, -0.1) is 0 Å². The minimum Gasteiger partial charge on any atom is -0.462 e. The molecule has 4 N–H and O–H groups in total. The van der Waals surface area contributed by atoms with Crippen LogP contribution in [0, 0.1) is 5.92 Å². The van der Waals surface area contributed by atoms with Gasteiger partial charge in [0.15, 0.2) is 6.10 Å². The average molecular weight is 1000 g/mol. The van der Waals surface area contributed by atoms with Gasteiger partial charge in [-0.3, -0.25) is 23.2 Å². The highest BCUT2D eigenvalue weighted by atomic mass is 31.2. The fourth-order valence-electron chi connectivity index (χ4n) is 7.25. The van der Waals surface area contributed by atoms with Crippen LogP contribution in [0.2, 0.25) is 0 Å². The van der Waals surface area contributed by atoms with E-state index in [1.807, 2.05) is 18.2 Å². The van der Waals surface area contributed by atoms with E-state index < -0.39 is 66.2 Å². The van der Waals surface area contributed by atoms with Gasteiger partial charge in [0, 0.05) is 12.8 Å². The van der Waals surface area contributed by atoms with Crippen molar-refractivity contribution in [2.45, 2.75) is 225 Å². The van der Waals surface area contributed by atoms with Crippen molar-refractivity contribution in [1.29, 1.82) is 0 Å². The predicted octanol–water partition coefficient (Wildman–Crippen LogP) is 13.2. The SMILES string of the molecule is CC/C=C\CC1OC1C/C=C\C/C=C\C/C=C\C/C=C\CCC(=O)OC[C@H](COP(=O)(O)OC[C@@H](O)COP(=O)(O)O)OC(=O)CCCCCCCCCCCCCCCCCCCCC(C)C. The molecule has 1 rings (SSSR count). The summed E-state index contributed by atoms with van der Waals surface area (Å²) in [4.78, 5) is 52.9. The highest BCUT2D eigenvalue weighted by molar-refractivity contribution is 7.47. The summed E-state index contributed by atoms with van der Waals surface area (Å²) in [7, 11) is -9.71. The van der Waals surface area contributed by atoms with Crippen molar-refractivity contribution in [3.63, 3.8) is 0 Å². The van der Waals surface area contributed by atoms with Gasteiger partial charge in [-0.25, -0.2) is 9.13 Å². The molecule has 1 aliphatic heterocycles. The molecule has 0 saturated carbocycles. The summed E-state index contributed by atoms with van der Waals surface area (Å²) in [5, 5.41) is 9.78. The standard InChI is InChI=1S/C52H92O14P2/c1-4-5-32-38-49-50(66-49)39-34-29-25-21-17-14-15-18-22-26-30-35-40-51(54)61-44-48(45-64-68(59,60)63-43-47(53)42-62-67(56,57)58)65-52(55)41-36-31-27-23-19-13-11-9-7-6-8-10-12-16-20-24-28-33-37-46(2)3/h5,15,17-18,21,26,29-30,32,34,46-50,53H,4,6-14,16,19-20,22-25,27-28,31,33,35-45H2,1-3H3,(H,59,60)(H2,56,57,58)/b18-15-,21-17-,30-26-,32-5-,34-29-/t47-,48+,49?,50?/m0/s1. The number of hydrogen-bond acceptors (Lipinski definition) is 11. The van der Waals surface area contributed by atoms with Crippen LogP contribution in [0.25, 0.3) is 0 Å². The molecule has 0 aromatic rings. The number of aliphatic hydroxyl groups is 1. The summed E-state index contributed by atoms with van der Waals surface area (Å²) < 4.78 is 53.6. The van der Waals surface area contributed by atoms with Gasteiger partial charge in [0.2, 0.25) is 0 Å². The number of carbonyl (C=O) groups is 2. The predicted molar refractivity (Wildman–Crippen MR) is 271 cm³/mol. The number of hydrogen-bond donors (Lipinski definition) is 4. The molecule has 1 saturated heterocycles. The van der Waals surface area contributed by atoms with Crippen molar-refractivity contribution in [3.8, 4) is 0 Å². The van der Waals surface area contributed by atoms with Gasteiger partial charge in [0.25, 0.3) is 0 Å². The minimum atomic E-state index is -4.88. The minimum absolute atomic E-state index is 0.0661. The van der Waals surface area contributed by atoms with Crippen LogP contribution in [0.4, 0.5) is 0 Å². The van der Waals surface area contributed by atoms with Gasteiger partial charge in [-0.1, -0.05) is 197 Å².